The molecule has 1 atom stereocenters. The third-order valence-electron chi connectivity index (χ3n) is 4.18. The molecule has 1 N–H and O–H groups in total. The summed E-state index contributed by atoms with van der Waals surface area (Å²) in [6.07, 6.45) is 5.84. The van der Waals surface area contributed by atoms with Gasteiger partial charge in [-0.15, -0.1) is 0 Å². The van der Waals surface area contributed by atoms with Crippen LogP contribution in [0.4, 0.5) is 0 Å². The van der Waals surface area contributed by atoms with Crippen LogP contribution in [0.5, 0.6) is 0 Å². The number of fused-ring (bicyclic) bond motifs is 1. The molecular formula is C17H18N4. The van der Waals surface area contributed by atoms with Gasteiger partial charge in [0.15, 0.2) is 0 Å². The second kappa shape index (κ2) is 5.22. The minimum Gasteiger partial charge on any atom is -0.348 e. The molecule has 1 aliphatic heterocycles. The van der Waals surface area contributed by atoms with Crippen LogP contribution in [0.25, 0.3) is 0 Å². The molecule has 0 amide bonds. The van der Waals surface area contributed by atoms with Gasteiger partial charge in [0, 0.05) is 43.4 Å². The second-order valence-corrected chi connectivity index (χ2v) is 5.49. The summed E-state index contributed by atoms with van der Waals surface area (Å²) >= 11 is 0. The first-order valence-electron chi connectivity index (χ1n) is 7.33. The molecule has 0 spiro atoms. The first-order chi connectivity index (χ1) is 10.4. The Morgan fingerprint density at radius 3 is 2.81 bits per heavy atom. The minimum atomic E-state index is 0.304. The van der Waals surface area contributed by atoms with Crippen molar-refractivity contribution in [1.82, 2.24) is 19.4 Å². The monoisotopic (exact) mass is 278 g/mol. The molecule has 0 aliphatic carbocycles. The molecular weight excluding hydrogens is 260 g/mol. The van der Waals surface area contributed by atoms with Crippen molar-refractivity contribution in [3.05, 3.63) is 78.1 Å². The summed E-state index contributed by atoms with van der Waals surface area (Å²) in [5, 5.41) is 0. The molecule has 0 saturated carbocycles. The SMILES string of the molecule is c1ccc([C@@H]2c3cccn3CCN2Cc2cnc[nH]2)cc1. The van der Waals surface area contributed by atoms with Crippen LogP contribution in [0.1, 0.15) is 23.0 Å². The topological polar surface area (TPSA) is 36.9 Å². The van der Waals surface area contributed by atoms with E-state index in [0.29, 0.717) is 6.04 Å². The maximum absolute atomic E-state index is 4.13. The van der Waals surface area contributed by atoms with E-state index in [1.807, 2.05) is 6.20 Å². The van der Waals surface area contributed by atoms with Crippen LogP contribution in [0.2, 0.25) is 0 Å². The Morgan fingerprint density at radius 1 is 1.10 bits per heavy atom. The number of nitrogens with one attached hydrogen (secondary N) is 1. The fourth-order valence-corrected chi connectivity index (χ4v) is 3.21. The van der Waals surface area contributed by atoms with Crippen molar-refractivity contribution < 1.29 is 0 Å². The van der Waals surface area contributed by atoms with E-state index < -0.39 is 0 Å². The fourth-order valence-electron chi connectivity index (χ4n) is 3.21. The molecule has 1 aliphatic rings. The van der Waals surface area contributed by atoms with Crippen molar-refractivity contribution in [1.29, 1.82) is 0 Å². The zero-order chi connectivity index (χ0) is 14.1. The highest BCUT2D eigenvalue weighted by Gasteiger charge is 2.28. The lowest BCUT2D eigenvalue weighted by atomic mass is 10.00. The molecule has 3 heterocycles. The molecule has 4 heteroatoms. The minimum absolute atomic E-state index is 0.304. The van der Waals surface area contributed by atoms with E-state index in [4.69, 9.17) is 0 Å². The molecule has 3 aromatic rings. The number of hydrogen-bond acceptors (Lipinski definition) is 2. The van der Waals surface area contributed by atoms with Gasteiger partial charge in [-0.3, -0.25) is 4.90 Å². The summed E-state index contributed by atoms with van der Waals surface area (Å²) in [5.74, 6) is 0. The molecule has 0 fully saturated rings. The van der Waals surface area contributed by atoms with Crippen LogP contribution in [-0.4, -0.2) is 26.0 Å². The van der Waals surface area contributed by atoms with Crippen molar-refractivity contribution in [2.45, 2.75) is 19.1 Å². The molecule has 0 saturated heterocycles. The van der Waals surface area contributed by atoms with Crippen molar-refractivity contribution in [3.8, 4) is 0 Å². The normalized spacial score (nSPS) is 18.6. The molecule has 4 nitrogen and oxygen atoms in total. The predicted molar refractivity (Wildman–Crippen MR) is 81.7 cm³/mol. The van der Waals surface area contributed by atoms with E-state index in [1.165, 1.54) is 11.3 Å². The third-order valence-corrected chi connectivity index (χ3v) is 4.18. The van der Waals surface area contributed by atoms with Crippen molar-refractivity contribution >= 4 is 0 Å². The summed E-state index contributed by atoms with van der Waals surface area (Å²) in [7, 11) is 0. The highest BCUT2D eigenvalue weighted by molar-refractivity contribution is 5.30. The summed E-state index contributed by atoms with van der Waals surface area (Å²) in [4.78, 5) is 9.86. The number of rotatable bonds is 3. The summed E-state index contributed by atoms with van der Waals surface area (Å²) in [5.41, 5.74) is 3.87. The van der Waals surface area contributed by atoms with Gasteiger partial charge < -0.3 is 9.55 Å². The fraction of sp³-hybridized carbons (Fsp3) is 0.235. The molecule has 1 aromatic carbocycles. The van der Waals surface area contributed by atoms with Gasteiger partial charge >= 0.3 is 0 Å². The standard InChI is InChI=1S/C17H18N4/c1-2-5-14(6-3-1)17-16-7-4-8-20(16)9-10-21(17)12-15-11-18-13-19-15/h1-8,11,13,17H,9-10,12H2,(H,18,19)/t17-/m1/s1. The van der Waals surface area contributed by atoms with Gasteiger partial charge in [-0.05, 0) is 17.7 Å². The Balaban J connectivity index is 1.73. The summed E-state index contributed by atoms with van der Waals surface area (Å²) in [6, 6.07) is 15.4. The second-order valence-electron chi connectivity index (χ2n) is 5.49. The quantitative estimate of drug-likeness (QED) is 0.800. The lowest BCUT2D eigenvalue weighted by Gasteiger charge is -2.37. The van der Waals surface area contributed by atoms with E-state index in [9.17, 15) is 0 Å². The van der Waals surface area contributed by atoms with E-state index in [1.54, 1.807) is 6.33 Å². The number of aromatic nitrogens is 3. The zero-order valence-electron chi connectivity index (χ0n) is 11.8. The lowest BCUT2D eigenvalue weighted by Crippen LogP contribution is -2.38. The Bertz CT molecular complexity index is 699. The maximum Gasteiger partial charge on any atom is 0.0922 e. The van der Waals surface area contributed by atoms with Gasteiger partial charge in [0.25, 0.3) is 0 Å². The van der Waals surface area contributed by atoms with Gasteiger partial charge in [-0.2, -0.15) is 0 Å². The van der Waals surface area contributed by atoms with E-state index in [2.05, 4.69) is 68.1 Å². The Kier molecular flexibility index (Phi) is 3.09. The van der Waals surface area contributed by atoms with Gasteiger partial charge in [0.05, 0.1) is 12.4 Å². The van der Waals surface area contributed by atoms with Crippen LogP contribution in [0, 0.1) is 0 Å². The largest absolute Gasteiger partial charge is 0.348 e. The predicted octanol–water partition coefficient (Wildman–Crippen LogP) is 2.82. The van der Waals surface area contributed by atoms with E-state index in [-0.39, 0.29) is 0 Å². The van der Waals surface area contributed by atoms with Gasteiger partial charge in [-0.1, -0.05) is 30.3 Å². The van der Waals surface area contributed by atoms with Crippen LogP contribution in [0.3, 0.4) is 0 Å². The first kappa shape index (κ1) is 12.4. The zero-order valence-corrected chi connectivity index (χ0v) is 11.8. The molecule has 106 valence electrons. The van der Waals surface area contributed by atoms with Crippen molar-refractivity contribution in [3.63, 3.8) is 0 Å². The van der Waals surface area contributed by atoms with Crippen LogP contribution < -0.4 is 0 Å². The van der Waals surface area contributed by atoms with Gasteiger partial charge in [0.1, 0.15) is 0 Å². The third kappa shape index (κ3) is 2.28. The average Bonchev–Trinajstić information content (AvgIpc) is 3.19. The number of H-pyrrole nitrogens is 1. The van der Waals surface area contributed by atoms with Crippen LogP contribution in [-0.2, 0) is 13.1 Å². The number of imidazole rings is 1. The smallest absolute Gasteiger partial charge is 0.0922 e. The van der Waals surface area contributed by atoms with Gasteiger partial charge in [-0.25, -0.2) is 4.98 Å². The highest BCUT2D eigenvalue weighted by Crippen LogP contribution is 2.32. The lowest BCUT2D eigenvalue weighted by molar-refractivity contribution is 0.173. The molecule has 4 rings (SSSR count). The average molecular weight is 278 g/mol. The summed E-state index contributed by atoms with van der Waals surface area (Å²) < 4.78 is 2.36. The molecule has 21 heavy (non-hydrogen) atoms. The van der Waals surface area contributed by atoms with Crippen LogP contribution >= 0.6 is 0 Å². The van der Waals surface area contributed by atoms with Gasteiger partial charge in [0.2, 0.25) is 0 Å². The number of benzene rings is 1. The summed E-state index contributed by atoms with van der Waals surface area (Å²) in [6.45, 7) is 2.98. The number of hydrogen-bond donors (Lipinski definition) is 1. The molecule has 0 unspecified atom stereocenters. The Labute approximate surface area is 124 Å². The highest BCUT2D eigenvalue weighted by atomic mass is 15.2. The van der Waals surface area contributed by atoms with Crippen LogP contribution in [0.15, 0.2) is 61.2 Å². The van der Waals surface area contributed by atoms with Crippen molar-refractivity contribution in [2.24, 2.45) is 0 Å². The molecule has 0 radical (unpaired) electrons. The molecule has 0 bridgehead atoms. The van der Waals surface area contributed by atoms with Crippen molar-refractivity contribution in [2.75, 3.05) is 6.54 Å². The molecule has 2 aromatic heterocycles. The Morgan fingerprint density at radius 2 is 2.00 bits per heavy atom. The van der Waals surface area contributed by atoms with E-state index >= 15 is 0 Å². The van der Waals surface area contributed by atoms with E-state index in [0.717, 1.165) is 25.3 Å². The first-order valence-corrected chi connectivity index (χ1v) is 7.33. The number of aromatic amines is 1. The Hall–Kier alpha value is -2.33. The maximum atomic E-state index is 4.13. The number of nitrogens with zero attached hydrogens (tertiary/aromatic N) is 3.